The van der Waals surface area contributed by atoms with Gasteiger partial charge in [0.25, 0.3) is 5.56 Å². The molecule has 2 aromatic heterocycles. The lowest BCUT2D eigenvalue weighted by atomic mass is 10.2. The predicted molar refractivity (Wildman–Crippen MR) is 103 cm³/mol. The molecule has 0 bridgehead atoms. The van der Waals surface area contributed by atoms with E-state index in [-0.39, 0.29) is 0 Å². The monoisotopic (exact) mass is 370 g/mol. The van der Waals surface area contributed by atoms with Crippen molar-refractivity contribution in [1.82, 2.24) is 19.1 Å². The van der Waals surface area contributed by atoms with E-state index in [1.165, 1.54) is 23.4 Å². The molecule has 3 aromatic rings. The molecule has 3 rings (SSSR count). The third-order valence-corrected chi connectivity index (χ3v) is 4.92. The van der Waals surface area contributed by atoms with Crippen LogP contribution in [0.3, 0.4) is 0 Å². The molecule has 0 fully saturated rings. The Balaban J connectivity index is 2.42. The normalized spacial score (nSPS) is 10.9. The zero-order valence-electron chi connectivity index (χ0n) is 14.7. The van der Waals surface area contributed by atoms with Crippen molar-refractivity contribution in [2.75, 3.05) is 12.9 Å². The van der Waals surface area contributed by atoms with Gasteiger partial charge >= 0.3 is 5.69 Å². The summed E-state index contributed by atoms with van der Waals surface area (Å²) in [7, 11) is 4.60. The van der Waals surface area contributed by atoms with E-state index in [9.17, 15) is 9.59 Å². The first-order valence-corrected chi connectivity index (χ1v) is 8.83. The fourth-order valence-electron chi connectivity index (χ4n) is 2.62. The Bertz CT molecular complexity index is 1120. The van der Waals surface area contributed by atoms with E-state index in [4.69, 9.17) is 4.74 Å². The number of methoxy groups -OCH3 is 1. The maximum atomic E-state index is 12.7. The second-order valence-electron chi connectivity index (χ2n) is 5.56. The fraction of sp³-hybridized carbons (Fsp3) is 0.222. The van der Waals surface area contributed by atoms with Crippen LogP contribution in [0.5, 0.6) is 5.75 Å². The highest BCUT2D eigenvalue weighted by Crippen LogP contribution is 2.30. The van der Waals surface area contributed by atoms with E-state index in [1.807, 2.05) is 24.3 Å². The number of rotatable bonds is 5. The average molecular weight is 370 g/mol. The molecular formula is C18H18N4O3S. The molecule has 7 nitrogen and oxygen atoms in total. The number of aryl methyl sites for hydroxylation is 1. The Morgan fingerprint density at radius 2 is 1.92 bits per heavy atom. The third-order valence-electron chi connectivity index (χ3n) is 3.95. The molecule has 0 amide bonds. The maximum Gasteiger partial charge on any atom is 0.332 e. The molecule has 0 spiro atoms. The highest BCUT2D eigenvalue weighted by atomic mass is 32.2. The van der Waals surface area contributed by atoms with Crippen molar-refractivity contribution in [2.24, 2.45) is 14.1 Å². The van der Waals surface area contributed by atoms with Crippen LogP contribution in [0.1, 0.15) is 0 Å². The molecule has 0 radical (unpaired) electrons. The van der Waals surface area contributed by atoms with Gasteiger partial charge in [-0.2, -0.15) is 0 Å². The Labute approximate surface area is 154 Å². The molecule has 0 aliphatic heterocycles. The molecule has 0 saturated heterocycles. The number of aromatic nitrogens is 4. The van der Waals surface area contributed by atoms with E-state index < -0.39 is 11.2 Å². The minimum Gasteiger partial charge on any atom is -0.496 e. The molecule has 0 atom stereocenters. The van der Waals surface area contributed by atoms with Crippen molar-refractivity contribution in [3.05, 3.63) is 57.8 Å². The van der Waals surface area contributed by atoms with Crippen molar-refractivity contribution in [1.29, 1.82) is 0 Å². The Morgan fingerprint density at radius 3 is 2.62 bits per heavy atom. The maximum absolute atomic E-state index is 12.7. The van der Waals surface area contributed by atoms with Gasteiger partial charge in [0.1, 0.15) is 16.2 Å². The van der Waals surface area contributed by atoms with Crippen molar-refractivity contribution >= 4 is 22.8 Å². The summed E-state index contributed by atoms with van der Waals surface area (Å²) in [5.41, 5.74) is 0.124. The molecule has 1 aromatic carbocycles. The van der Waals surface area contributed by atoms with E-state index in [2.05, 4.69) is 16.5 Å². The van der Waals surface area contributed by atoms with Crippen LogP contribution in [-0.2, 0) is 14.1 Å². The van der Waals surface area contributed by atoms with E-state index in [0.717, 1.165) is 4.57 Å². The van der Waals surface area contributed by atoms with Gasteiger partial charge in [-0.05, 0) is 12.1 Å². The predicted octanol–water partition coefficient (Wildman–Crippen LogP) is 1.98. The number of benzene rings is 1. The average Bonchev–Trinajstić information content (AvgIpc) is 2.68. The van der Waals surface area contributed by atoms with Gasteiger partial charge in [-0.25, -0.2) is 14.8 Å². The number of fused-ring (bicyclic) bond motifs is 1. The lowest BCUT2D eigenvalue weighted by Gasteiger charge is -2.13. The topological polar surface area (TPSA) is 79.0 Å². The largest absolute Gasteiger partial charge is 0.496 e. The van der Waals surface area contributed by atoms with Gasteiger partial charge in [0.15, 0.2) is 11.5 Å². The summed E-state index contributed by atoms with van der Waals surface area (Å²) in [6.45, 7) is 3.71. The first-order valence-electron chi connectivity index (χ1n) is 7.84. The number of thioether (sulfide) groups is 1. The molecule has 0 saturated carbocycles. The van der Waals surface area contributed by atoms with Crippen LogP contribution >= 0.6 is 11.8 Å². The van der Waals surface area contributed by atoms with Crippen molar-refractivity contribution < 1.29 is 4.74 Å². The quantitative estimate of drug-likeness (QED) is 0.388. The van der Waals surface area contributed by atoms with Gasteiger partial charge in [0.2, 0.25) is 0 Å². The van der Waals surface area contributed by atoms with Crippen molar-refractivity contribution in [3.63, 3.8) is 0 Å². The standard InChI is InChI=1S/C18H18N4O3S/c1-5-10-26-16-13-15(21(2)18(24)22(3)17(13)23)19-14(20-16)11-8-6-7-9-12(11)25-4/h5-9H,1,10H2,2-4H3. The van der Waals surface area contributed by atoms with E-state index in [1.54, 1.807) is 20.2 Å². The van der Waals surface area contributed by atoms with Crippen molar-refractivity contribution in [3.8, 4) is 17.1 Å². The SMILES string of the molecule is C=CCSc1nc(-c2ccccc2OC)nc2c1c(=O)n(C)c(=O)n2C. The number of para-hydroxylation sites is 1. The van der Waals surface area contributed by atoms with Gasteiger partial charge < -0.3 is 4.74 Å². The van der Waals surface area contributed by atoms with Gasteiger partial charge in [-0.1, -0.05) is 18.2 Å². The summed E-state index contributed by atoms with van der Waals surface area (Å²) in [5, 5.41) is 0.826. The lowest BCUT2D eigenvalue weighted by Crippen LogP contribution is -2.37. The molecule has 0 aliphatic carbocycles. The molecule has 0 N–H and O–H groups in total. The van der Waals surface area contributed by atoms with E-state index >= 15 is 0 Å². The van der Waals surface area contributed by atoms with Crippen LogP contribution in [0.2, 0.25) is 0 Å². The lowest BCUT2D eigenvalue weighted by molar-refractivity contribution is 0.416. The first-order chi connectivity index (χ1) is 12.5. The van der Waals surface area contributed by atoms with Crippen LogP contribution in [-0.4, -0.2) is 32.0 Å². The van der Waals surface area contributed by atoms with Crippen LogP contribution in [0, 0.1) is 0 Å². The molecule has 134 valence electrons. The minimum atomic E-state index is -0.438. The van der Waals surface area contributed by atoms with E-state index in [0.29, 0.717) is 38.9 Å². The highest BCUT2D eigenvalue weighted by Gasteiger charge is 2.19. The fourth-order valence-corrected chi connectivity index (χ4v) is 3.37. The van der Waals surface area contributed by atoms with Gasteiger partial charge in [-0.15, -0.1) is 18.3 Å². The van der Waals surface area contributed by atoms with Crippen LogP contribution in [0.4, 0.5) is 0 Å². The smallest absolute Gasteiger partial charge is 0.332 e. The zero-order chi connectivity index (χ0) is 18.8. The van der Waals surface area contributed by atoms with Crippen molar-refractivity contribution in [2.45, 2.75) is 5.03 Å². The molecule has 8 heteroatoms. The molecule has 0 aliphatic rings. The number of hydrogen-bond acceptors (Lipinski definition) is 6. The molecular weight excluding hydrogens is 352 g/mol. The summed E-state index contributed by atoms with van der Waals surface area (Å²) in [4.78, 5) is 34.1. The number of nitrogens with zero attached hydrogens (tertiary/aromatic N) is 4. The van der Waals surface area contributed by atoms with Crippen LogP contribution in [0.25, 0.3) is 22.4 Å². The van der Waals surface area contributed by atoms with Gasteiger partial charge in [0.05, 0.1) is 12.7 Å². The molecule has 2 heterocycles. The zero-order valence-corrected chi connectivity index (χ0v) is 15.5. The summed E-state index contributed by atoms with van der Waals surface area (Å²) >= 11 is 1.37. The minimum absolute atomic E-state index is 0.292. The second-order valence-corrected chi connectivity index (χ2v) is 6.57. The Kier molecular flexibility index (Phi) is 4.94. The van der Waals surface area contributed by atoms with Gasteiger partial charge in [0, 0.05) is 19.8 Å². The molecule has 26 heavy (non-hydrogen) atoms. The second kappa shape index (κ2) is 7.17. The first kappa shape index (κ1) is 17.9. The highest BCUT2D eigenvalue weighted by molar-refractivity contribution is 7.99. The summed E-state index contributed by atoms with van der Waals surface area (Å²) in [6.07, 6.45) is 1.73. The molecule has 0 unspecified atom stereocenters. The van der Waals surface area contributed by atoms with Crippen LogP contribution < -0.4 is 16.0 Å². The Hall–Kier alpha value is -2.87. The number of ether oxygens (including phenoxy) is 1. The Morgan fingerprint density at radius 1 is 1.19 bits per heavy atom. The third kappa shape index (κ3) is 2.92. The summed E-state index contributed by atoms with van der Waals surface area (Å²) in [5.74, 6) is 1.58. The summed E-state index contributed by atoms with van der Waals surface area (Å²) < 4.78 is 7.81. The number of hydrogen-bond donors (Lipinski definition) is 0. The van der Waals surface area contributed by atoms with Gasteiger partial charge in [-0.3, -0.25) is 13.9 Å². The van der Waals surface area contributed by atoms with Crippen LogP contribution in [0.15, 0.2) is 51.5 Å². The summed E-state index contributed by atoms with van der Waals surface area (Å²) in [6, 6.07) is 7.34.